The number of ether oxygens (including phenoxy) is 1. The summed E-state index contributed by atoms with van der Waals surface area (Å²) in [5, 5.41) is 19.0. The number of para-hydroxylation sites is 1. The molecule has 0 saturated carbocycles. The molecule has 3 rings (SSSR count). The molecule has 2 amide bonds. The van der Waals surface area contributed by atoms with E-state index in [1.807, 2.05) is 37.3 Å². The normalized spacial score (nSPS) is 19.6. The second-order valence-electron chi connectivity index (χ2n) is 5.01. The van der Waals surface area contributed by atoms with E-state index in [1.165, 1.54) is 21.1 Å². The zero-order valence-corrected chi connectivity index (χ0v) is 13.0. The minimum atomic E-state index is -0.899. The highest BCUT2D eigenvalue weighted by molar-refractivity contribution is 7.15. The van der Waals surface area contributed by atoms with Crippen molar-refractivity contribution in [2.75, 3.05) is 18.5 Å². The maximum atomic E-state index is 12.0. The van der Waals surface area contributed by atoms with E-state index >= 15 is 0 Å². The van der Waals surface area contributed by atoms with Crippen LogP contribution >= 0.6 is 11.3 Å². The predicted molar refractivity (Wildman–Crippen MR) is 81.9 cm³/mol. The Morgan fingerprint density at radius 3 is 2.73 bits per heavy atom. The molecule has 7 nitrogen and oxygen atoms in total. The number of nitrogens with zero attached hydrogens (tertiary/aromatic N) is 4. The van der Waals surface area contributed by atoms with Gasteiger partial charge in [-0.15, -0.1) is 10.2 Å². The molecule has 8 heteroatoms. The zero-order valence-electron chi connectivity index (χ0n) is 12.2. The van der Waals surface area contributed by atoms with Crippen molar-refractivity contribution in [1.82, 2.24) is 15.1 Å². The van der Waals surface area contributed by atoms with Crippen LogP contribution in [0.4, 0.5) is 9.93 Å². The quantitative estimate of drug-likeness (QED) is 0.930. The van der Waals surface area contributed by atoms with Crippen molar-refractivity contribution in [3.05, 3.63) is 35.3 Å². The van der Waals surface area contributed by atoms with Gasteiger partial charge in [0.1, 0.15) is 11.9 Å². The molecule has 1 N–H and O–H groups in total. The van der Waals surface area contributed by atoms with E-state index in [-0.39, 0.29) is 18.7 Å². The van der Waals surface area contributed by atoms with Crippen LogP contribution < -0.4 is 9.64 Å². The van der Waals surface area contributed by atoms with Crippen molar-refractivity contribution >= 4 is 22.5 Å². The Morgan fingerprint density at radius 2 is 2.09 bits per heavy atom. The van der Waals surface area contributed by atoms with Crippen molar-refractivity contribution in [1.29, 1.82) is 0 Å². The molecule has 22 heavy (non-hydrogen) atoms. The van der Waals surface area contributed by atoms with Crippen LogP contribution in [0.5, 0.6) is 5.75 Å². The minimum Gasteiger partial charge on any atom is -0.483 e. The maximum Gasteiger partial charge on any atom is 0.328 e. The molecule has 0 spiro atoms. The first-order valence-electron chi connectivity index (χ1n) is 6.84. The highest BCUT2D eigenvalue weighted by atomic mass is 32.1. The van der Waals surface area contributed by atoms with Crippen molar-refractivity contribution < 1.29 is 14.6 Å². The maximum absolute atomic E-state index is 12.0. The molecule has 116 valence electrons. The van der Waals surface area contributed by atoms with E-state index in [0.717, 1.165) is 5.75 Å². The number of carbonyl (C=O) groups excluding carboxylic acids is 1. The number of aliphatic hydroxyl groups excluding tert-OH is 1. The Balaban J connectivity index is 1.75. The van der Waals surface area contributed by atoms with Gasteiger partial charge >= 0.3 is 6.03 Å². The van der Waals surface area contributed by atoms with Crippen LogP contribution in [-0.2, 0) is 0 Å². The summed E-state index contributed by atoms with van der Waals surface area (Å²) in [5.41, 5.74) is 0. The smallest absolute Gasteiger partial charge is 0.328 e. The highest BCUT2D eigenvalue weighted by Gasteiger charge is 2.37. The third-order valence-corrected chi connectivity index (χ3v) is 4.39. The van der Waals surface area contributed by atoms with Gasteiger partial charge in [-0.3, -0.25) is 0 Å². The van der Waals surface area contributed by atoms with Gasteiger partial charge in [0.25, 0.3) is 0 Å². The van der Waals surface area contributed by atoms with Gasteiger partial charge in [-0.1, -0.05) is 29.5 Å². The molecule has 0 aliphatic carbocycles. The van der Waals surface area contributed by atoms with Gasteiger partial charge in [-0.2, -0.15) is 0 Å². The molecule has 2 heterocycles. The molecule has 2 aromatic rings. The Morgan fingerprint density at radius 1 is 1.36 bits per heavy atom. The lowest BCUT2D eigenvalue weighted by Gasteiger charge is -2.14. The number of hydrogen-bond acceptors (Lipinski definition) is 6. The van der Waals surface area contributed by atoms with Gasteiger partial charge < -0.3 is 14.7 Å². The van der Waals surface area contributed by atoms with Gasteiger partial charge in [-0.25, -0.2) is 9.69 Å². The van der Waals surface area contributed by atoms with Crippen LogP contribution in [0.1, 0.15) is 18.0 Å². The molecular weight excluding hydrogens is 304 g/mol. The first-order valence-corrected chi connectivity index (χ1v) is 7.65. The van der Waals surface area contributed by atoms with E-state index in [9.17, 15) is 9.90 Å². The van der Waals surface area contributed by atoms with Gasteiger partial charge in [-0.05, 0) is 19.1 Å². The summed E-state index contributed by atoms with van der Waals surface area (Å²) in [6, 6.07) is 9.14. The lowest BCUT2D eigenvalue weighted by molar-refractivity contribution is 0.183. The van der Waals surface area contributed by atoms with Gasteiger partial charge in [0.15, 0.2) is 11.2 Å². The molecule has 1 fully saturated rings. The van der Waals surface area contributed by atoms with Crippen molar-refractivity contribution in [3.63, 3.8) is 0 Å². The summed E-state index contributed by atoms with van der Waals surface area (Å²) in [7, 11) is 1.63. The van der Waals surface area contributed by atoms with E-state index in [1.54, 1.807) is 7.05 Å². The molecule has 1 aromatic carbocycles. The summed E-state index contributed by atoms with van der Waals surface area (Å²) in [5.74, 6) is 0.740. The molecule has 1 aromatic heterocycles. The number of rotatable bonds is 4. The van der Waals surface area contributed by atoms with E-state index < -0.39 is 6.23 Å². The SMILES string of the molecule is CC(Oc1ccccc1)c1nnc(N2C(=O)N(C)CC2O)s1. The summed E-state index contributed by atoms with van der Waals surface area (Å²) in [6.45, 7) is 2.12. The number of likely N-dealkylation sites (N-methyl/N-ethyl adjacent to an activating group) is 1. The number of carbonyl (C=O) groups is 1. The van der Waals surface area contributed by atoms with Gasteiger partial charge in [0.2, 0.25) is 5.13 Å². The molecule has 2 unspecified atom stereocenters. The Labute approximate surface area is 131 Å². The number of β-amino-alcohol motifs (C(OH)–C–C–N with tert-alkyl or cyclic N) is 1. The summed E-state index contributed by atoms with van der Waals surface area (Å²) in [4.78, 5) is 14.7. The average Bonchev–Trinajstić information content (AvgIpc) is 3.06. The molecular formula is C14H16N4O3S. The first kappa shape index (κ1) is 14.7. The number of urea groups is 1. The number of aromatic nitrogens is 2. The number of anilines is 1. The highest BCUT2D eigenvalue weighted by Crippen LogP contribution is 2.30. The zero-order chi connectivity index (χ0) is 15.7. The van der Waals surface area contributed by atoms with Gasteiger partial charge in [0, 0.05) is 7.05 Å². The monoisotopic (exact) mass is 320 g/mol. The minimum absolute atomic E-state index is 0.254. The number of benzene rings is 1. The fourth-order valence-electron chi connectivity index (χ4n) is 2.17. The molecule has 1 aliphatic rings. The predicted octanol–water partition coefficient (Wildman–Crippen LogP) is 1.87. The fraction of sp³-hybridized carbons (Fsp3) is 0.357. The molecule has 0 radical (unpaired) electrons. The fourth-order valence-corrected chi connectivity index (χ4v) is 3.03. The Kier molecular flexibility index (Phi) is 3.95. The van der Waals surface area contributed by atoms with Crippen LogP contribution in [0, 0.1) is 0 Å². The van der Waals surface area contributed by atoms with Crippen LogP contribution in [0.2, 0.25) is 0 Å². The number of hydrogen-bond donors (Lipinski definition) is 1. The third-order valence-electron chi connectivity index (χ3n) is 3.31. The second-order valence-corrected chi connectivity index (χ2v) is 6.00. The van der Waals surface area contributed by atoms with E-state index in [0.29, 0.717) is 10.1 Å². The van der Waals surface area contributed by atoms with Crippen LogP contribution in [-0.4, -0.2) is 46.1 Å². The number of aliphatic hydroxyl groups is 1. The van der Waals surface area contributed by atoms with Crippen molar-refractivity contribution in [2.24, 2.45) is 0 Å². The molecule has 2 atom stereocenters. The second kappa shape index (κ2) is 5.90. The van der Waals surface area contributed by atoms with Crippen molar-refractivity contribution in [3.8, 4) is 5.75 Å². The number of amides is 2. The van der Waals surface area contributed by atoms with Crippen molar-refractivity contribution in [2.45, 2.75) is 19.3 Å². The first-order chi connectivity index (χ1) is 10.6. The summed E-state index contributed by atoms with van der Waals surface area (Å²) < 4.78 is 5.78. The Hall–Kier alpha value is -2.19. The standard InChI is InChI=1S/C14H16N4O3S/c1-9(21-10-6-4-3-5-7-10)12-15-16-13(22-12)18-11(19)8-17(2)14(18)20/h3-7,9,11,19H,8H2,1-2H3. The summed E-state index contributed by atoms with van der Waals surface area (Å²) >= 11 is 1.24. The summed E-state index contributed by atoms with van der Waals surface area (Å²) in [6.07, 6.45) is -1.19. The lowest BCUT2D eigenvalue weighted by Crippen LogP contribution is -2.34. The van der Waals surface area contributed by atoms with Crippen LogP contribution in [0.15, 0.2) is 30.3 Å². The molecule has 1 saturated heterocycles. The van der Waals surface area contributed by atoms with E-state index in [4.69, 9.17) is 4.74 Å². The van der Waals surface area contributed by atoms with E-state index in [2.05, 4.69) is 10.2 Å². The average molecular weight is 320 g/mol. The lowest BCUT2D eigenvalue weighted by atomic mass is 10.3. The largest absolute Gasteiger partial charge is 0.483 e. The van der Waals surface area contributed by atoms with Gasteiger partial charge in [0.05, 0.1) is 6.54 Å². The van der Waals surface area contributed by atoms with Crippen LogP contribution in [0.3, 0.4) is 0 Å². The molecule has 1 aliphatic heterocycles. The Bertz CT molecular complexity index is 663. The molecule has 0 bridgehead atoms. The van der Waals surface area contributed by atoms with Crippen LogP contribution in [0.25, 0.3) is 0 Å². The topological polar surface area (TPSA) is 78.8 Å². The third kappa shape index (κ3) is 2.75.